The normalized spacial score (nSPS) is 17.4. The van der Waals surface area contributed by atoms with E-state index in [1.165, 1.54) is 17.0 Å². The molecule has 3 N–H and O–H groups in total. The lowest BCUT2D eigenvalue weighted by molar-refractivity contribution is 0.0821. The van der Waals surface area contributed by atoms with Gasteiger partial charge in [-0.3, -0.25) is 9.69 Å². The van der Waals surface area contributed by atoms with Crippen LogP contribution < -0.4 is 15.4 Å². The van der Waals surface area contributed by atoms with Gasteiger partial charge in [0.25, 0.3) is 15.9 Å². The molecule has 0 saturated heterocycles. The van der Waals surface area contributed by atoms with E-state index in [0.717, 1.165) is 36.8 Å². The lowest BCUT2D eigenvalue weighted by Crippen LogP contribution is -2.46. The minimum Gasteiger partial charge on any atom is -0.337 e. The highest BCUT2D eigenvalue weighted by molar-refractivity contribution is 7.90. The number of urea groups is 2. The lowest BCUT2D eigenvalue weighted by Gasteiger charge is -2.34. The third-order valence-corrected chi connectivity index (χ3v) is 8.24. The molecule has 0 radical (unpaired) electrons. The fraction of sp³-hybridized carbons (Fsp3) is 0.423. The van der Waals surface area contributed by atoms with E-state index in [9.17, 15) is 22.8 Å². The summed E-state index contributed by atoms with van der Waals surface area (Å²) in [5, 5.41) is 5.50. The molecule has 0 spiro atoms. The zero-order valence-electron chi connectivity index (χ0n) is 20.5. The second-order valence-electron chi connectivity index (χ2n) is 10.2. The van der Waals surface area contributed by atoms with Crippen LogP contribution in [0.4, 0.5) is 9.59 Å². The van der Waals surface area contributed by atoms with Gasteiger partial charge in [0.05, 0.1) is 11.4 Å². The van der Waals surface area contributed by atoms with E-state index < -0.39 is 22.1 Å². The summed E-state index contributed by atoms with van der Waals surface area (Å²) in [6.45, 7) is 4.91. The van der Waals surface area contributed by atoms with E-state index in [2.05, 4.69) is 29.2 Å². The molecule has 0 atom stereocenters. The molecule has 10 heteroatoms. The maximum atomic E-state index is 12.6. The Morgan fingerprint density at radius 1 is 1.03 bits per heavy atom. The van der Waals surface area contributed by atoms with Crippen molar-refractivity contribution in [1.29, 1.82) is 0 Å². The number of nitrogens with zero attached hydrogens (tertiary/aromatic N) is 1. The third-order valence-electron chi connectivity index (χ3n) is 6.89. The Morgan fingerprint density at radius 2 is 1.69 bits per heavy atom. The first-order chi connectivity index (χ1) is 17.0. The standard InChI is InChI=1S/C26H32N4O5S/c1-26(2)14-11-20(12-15-26)28-24(32)29-36(34,35)21-9-7-18(8-10-21)13-16-27-25(33)30-17-19-5-3-4-6-22(19)23(30)31/h3-10,20H,11-17H2,1-2H3,(H,27,33)(H2,28,29,32). The Morgan fingerprint density at radius 3 is 2.36 bits per heavy atom. The lowest BCUT2D eigenvalue weighted by atomic mass is 9.76. The number of fused-ring (bicyclic) bond motifs is 1. The predicted molar refractivity (Wildman–Crippen MR) is 135 cm³/mol. The van der Waals surface area contributed by atoms with Crippen LogP contribution in [0.25, 0.3) is 0 Å². The van der Waals surface area contributed by atoms with Gasteiger partial charge in [0, 0.05) is 18.2 Å². The molecule has 1 aliphatic carbocycles. The monoisotopic (exact) mass is 512 g/mol. The van der Waals surface area contributed by atoms with E-state index in [-0.39, 0.29) is 35.3 Å². The van der Waals surface area contributed by atoms with Crippen molar-refractivity contribution in [2.45, 2.75) is 63.4 Å². The summed E-state index contributed by atoms with van der Waals surface area (Å²) < 4.78 is 27.3. The van der Waals surface area contributed by atoms with Gasteiger partial charge in [0.2, 0.25) is 0 Å². The molecule has 2 aliphatic rings. The molecule has 1 fully saturated rings. The predicted octanol–water partition coefficient (Wildman–Crippen LogP) is 3.55. The smallest absolute Gasteiger partial charge is 0.328 e. The molecule has 0 bridgehead atoms. The number of amides is 5. The second-order valence-corrected chi connectivity index (χ2v) is 11.9. The first-order valence-corrected chi connectivity index (χ1v) is 13.6. The van der Waals surface area contributed by atoms with Crippen LogP contribution >= 0.6 is 0 Å². The molecule has 4 rings (SSSR count). The molecule has 1 heterocycles. The number of carbonyl (C=O) groups excluding carboxylic acids is 3. The maximum Gasteiger partial charge on any atom is 0.328 e. The van der Waals surface area contributed by atoms with Gasteiger partial charge in [-0.1, -0.05) is 44.2 Å². The van der Waals surface area contributed by atoms with Crippen molar-refractivity contribution >= 4 is 28.0 Å². The van der Waals surface area contributed by atoms with Gasteiger partial charge in [0.1, 0.15) is 0 Å². The summed E-state index contributed by atoms with van der Waals surface area (Å²) in [5.74, 6) is -0.318. The maximum absolute atomic E-state index is 12.6. The van der Waals surface area contributed by atoms with Gasteiger partial charge in [-0.25, -0.2) is 22.7 Å². The Bertz CT molecular complexity index is 1250. The van der Waals surface area contributed by atoms with Gasteiger partial charge >= 0.3 is 12.1 Å². The average molecular weight is 513 g/mol. The van der Waals surface area contributed by atoms with Crippen LogP contribution in [0.2, 0.25) is 0 Å². The fourth-order valence-electron chi connectivity index (χ4n) is 4.60. The number of hydrogen-bond donors (Lipinski definition) is 3. The van der Waals surface area contributed by atoms with E-state index in [4.69, 9.17) is 0 Å². The Labute approximate surface area is 211 Å². The van der Waals surface area contributed by atoms with Crippen LogP contribution in [0.1, 0.15) is 61.0 Å². The molecule has 2 aromatic carbocycles. The van der Waals surface area contributed by atoms with Crippen LogP contribution in [0.3, 0.4) is 0 Å². The summed E-state index contributed by atoms with van der Waals surface area (Å²) in [7, 11) is -4.00. The molecule has 9 nitrogen and oxygen atoms in total. The van der Waals surface area contributed by atoms with Crippen molar-refractivity contribution in [3.63, 3.8) is 0 Å². The van der Waals surface area contributed by atoms with Gasteiger partial charge < -0.3 is 10.6 Å². The molecule has 5 amide bonds. The van der Waals surface area contributed by atoms with Crippen molar-refractivity contribution in [2.24, 2.45) is 5.41 Å². The zero-order valence-corrected chi connectivity index (χ0v) is 21.4. The summed E-state index contributed by atoms with van der Waals surface area (Å²) in [5.41, 5.74) is 2.41. The van der Waals surface area contributed by atoms with E-state index in [1.807, 2.05) is 12.1 Å². The van der Waals surface area contributed by atoms with Crippen molar-refractivity contribution in [1.82, 2.24) is 20.3 Å². The number of rotatable bonds is 6. The van der Waals surface area contributed by atoms with Crippen LogP contribution in [-0.4, -0.2) is 43.9 Å². The highest BCUT2D eigenvalue weighted by atomic mass is 32.2. The van der Waals surface area contributed by atoms with Crippen LogP contribution in [-0.2, 0) is 23.0 Å². The molecule has 1 saturated carbocycles. The van der Waals surface area contributed by atoms with Crippen molar-refractivity contribution in [3.8, 4) is 0 Å². The number of sulfonamides is 1. The number of carbonyl (C=O) groups is 3. The second kappa shape index (κ2) is 10.3. The van der Waals surface area contributed by atoms with Crippen LogP contribution in [0, 0.1) is 5.41 Å². The summed E-state index contributed by atoms with van der Waals surface area (Å²) in [6, 6.07) is 12.0. The van der Waals surface area contributed by atoms with Gasteiger partial charge in [0.15, 0.2) is 0 Å². The number of hydrogen-bond acceptors (Lipinski definition) is 5. The summed E-state index contributed by atoms with van der Waals surface area (Å²) in [6.07, 6.45) is 4.06. The van der Waals surface area contributed by atoms with Crippen LogP contribution in [0.15, 0.2) is 53.4 Å². The van der Waals surface area contributed by atoms with E-state index in [0.29, 0.717) is 12.0 Å². The molecular formula is C26H32N4O5S. The van der Waals surface area contributed by atoms with Gasteiger partial charge in [-0.2, -0.15) is 0 Å². The van der Waals surface area contributed by atoms with E-state index in [1.54, 1.807) is 24.3 Å². The highest BCUT2D eigenvalue weighted by Gasteiger charge is 2.31. The molecule has 0 unspecified atom stereocenters. The largest absolute Gasteiger partial charge is 0.337 e. The minimum atomic E-state index is -4.00. The molecule has 1 aliphatic heterocycles. The van der Waals surface area contributed by atoms with Crippen LogP contribution in [0.5, 0.6) is 0 Å². The summed E-state index contributed by atoms with van der Waals surface area (Å²) >= 11 is 0. The Kier molecular flexibility index (Phi) is 7.35. The number of benzene rings is 2. The van der Waals surface area contributed by atoms with Crippen molar-refractivity contribution in [3.05, 3.63) is 65.2 Å². The molecule has 2 aromatic rings. The first kappa shape index (κ1) is 25.7. The quantitative estimate of drug-likeness (QED) is 0.546. The van der Waals surface area contributed by atoms with Crippen molar-refractivity contribution in [2.75, 3.05) is 6.54 Å². The topological polar surface area (TPSA) is 125 Å². The highest BCUT2D eigenvalue weighted by Crippen LogP contribution is 2.35. The Balaban J connectivity index is 1.24. The SMILES string of the molecule is CC1(C)CCC(NC(=O)NS(=O)(=O)c2ccc(CCNC(=O)N3Cc4ccccc4C3=O)cc2)CC1. The zero-order chi connectivity index (χ0) is 25.9. The number of nitrogens with one attached hydrogen (secondary N) is 3. The van der Waals surface area contributed by atoms with E-state index >= 15 is 0 Å². The molecular weight excluding hydrogens is 480 g/mol. The first-order valence-electron chi connectivity index (χ1n) is 12.1. The summed E-state index contributed by atoms with van der Waals surface area (Å²) in [4.78, 5) is 38.3. The number of imide groups is 1. The molecule has 192 valence electrons. The third kappa shape index (κ3) is 6.04. The molecule has 36 heavy (non-hydrogen) atoms. The molecule has 0 aromatic heterocycles. The average Bonchev–Trinajstić information content (AvgIpc) is 3.17. The van der Waals surface area contributed by atoms with Crippen molar-refractivity contribution < 1.29 is 22.8 Å². The minimum absolute atomic E-state index is 0.0179. The Hall–Kier alpha value is -3.40. The fourth-order valence-corrected chi connectivity index (χ4v) is 5.52. The van der Waals surface area contributed by atoms with Gasteiger partial charge in [-0.05, 0) is 66.8 Å². The van der Waals surface area contributed by atoms with Gasteiger partial charge in [-0.15, -0.1) is 0 Å².